The first kappa shape index (κ1) is 12.5. The van der Waals surface area contributed by atoms with Gasteiger partial charge in [0.2, 0.25) is 0 Å². The molecule has 0 bridgehead atoms. The van der Waals surface area contributed by atoms with Crippen LogP contribution in [0.2, 0.25) is 5.02 Å². The summed E-state index contributed by atoms with van der Waals surface area (Å²) in [7, 11) is 0. The Morgan fingerprint density at radius 1 is 1.47 bits per heavy atom. The van der Waals surface area contributed by atoms with Crippen molar-refractivity contribution in [3.63, 3.8) is 0 Å². The number of thiazole rings is 1. The Hall–Kier alpha value is -1.57. The quantitative estimate of drug-likeness (QED) is 0.936. The van der Waals surface area contributed by atoms with E-state index in [0.717, 1.165) is 17.7 Å². The monoisotopic (exact) mass is 289 g/mol. The molecule has 1 aliphatic rings. The minimum Gasteiger partial charge on any atom is -0.375 e. The van der Waals surface area contributed by atoms with Gasteiger partial charge in [-0.15, -0.1) is 11.3 Å². The molecule has 0 unspecified atom stereocenters. The number of nitrogens with zero attached hydrogens (tertiary/aromatic N) is 2. The van der Waals surface area contributed by atoms with Crippen LogP contribution in [-0.4, -0.2) is 4.98 Å². The second kappa shape index (κ2) is 4.84. The van der Waals surface area contributed by atoms with Crippen molar-refractivity contribution in [3.8, 4) is 6.07 Å². The standard InChI is InChI=1S/C14H12ClN3S/c15-11-5-8(7-16)1-2-10(11)6-12-13(9-3-4-9)18-14(17)19-12/h1-2,5,9H,3-4,6H2,(H2,17,18). The molecule has 0 saturated heterocycles. The zero-order valence-corrected chi connectivity index (χ0v) is 11.8. The van der Waals surface area contributed by atoms with Gasteiger partial charge in [-0.1, -0.05) is 17.7 Å². The summed E-state index contributed by atoms with van der Waals surface area (Å²) in [6.07, 6.45) is 3.15. The first-order valence-corrected chi connectivity index (χ1v) is 7.30. The van der Waals surface area contributed by atoms with E-state index in [9.17, 15) is 0 Å². The number of hydrogen-bond donors (Lipinski definition) is 1. The second-order valence-electron chi connectivity index (χ2n) is 4.73. The van der Waals surface area contributed by atoms with Crippen molar-refractivity contribution in [1.82, 2.24) is 4.98 Å². The van der Waals surface area contributed by atoms with E-state index >= 15 is 0 Å². The SMILES string of the molecule is N#Cc1ccc(Cc2sc(N)nc2C2CC2)c(Cl)c1. The summed E-state index contributed by atoms with van der Waals surface area (Å²) in [6, 6.07) is 7.50. The molecule has 3 rings (SSSR count). The lowest BCUT2D eigenvalue weighted by Gasteiger charge is -2.04. The third-order valence-corrected chi connectivity index (χ3v) is 4.49. The summed E-state index contributed by atoms with van der Waals surface area (Å²) in [5.41, 5.74) is 8.56. The number of aromatic nitrogens is 1. The van der Waals surface area contributed by atoms with Crippen LogP contribution in [0.25, 0.3) is 0 Å². The van der Waals surface area contributed by atoms with Gasteiger partial charge in [-0.25, -0.2) is 4.98 Å². The number of benzene rings is 1. The van der Waals surface area contributed by atoms with E-state index in [1.165, 1.54) is 29.1 Å². The van der Waals surface area contributed by atoms with Crippen LogP contribution in [0.1, 0.15) is 40.5 Å². The minimum atomic E-state index is 0.583. The molecule has 19 heavy (non-hydrogen) atoms. The third-order valence-electron chi connectivity index (χ3n) is 3.24. The van der Waals surface area contributed by atoms with Crippen molar-refractivity contribution in [3.05, 3.63) is 44.9 Å². The molecule has 3 nitrogen and oxygen atoms in total. The molecule has 96 valence electrons. The lowest BCUT2D eigenvalue weighted by atomic mass is 10.1. The van der Waals surface area contributed by atoms with E-state index in [-0.39, 0.29) is 0 Å². The van der Waals surface area contributed by atoms with Gasteiger partial charge in [0.05, 0.1) is 17.3 Å². The highest BCUT2D eigenvalue weighted by atomic mass is 35.5. The average molecular weight is 290 g/mol. The first-order chi connectivity index (χ1) is 9.17. The van der Waals surface area contributed by atoms with Crippen LogP contribution < -0.4 is 5.73 Å². The first-order valence-electron chi connectivity index (χ1n) is 6.11. The fourth-order valence-electron chi connectivity index (χ4n) is 2.12. The van der Waals surface area contributed by atoms with Gasteiger partial charge >= 0.3 is 0 Å². The Morgan fingerprint density at radius 2 is 2.26 bits per heavy atom. The zero-order chi connectivity index (χ0) is 13.4. The zero-order valence-electron chi connectivity index (χ0n) is 10.2. The molecular formula is C14H12ClN3S. The summed E-state index contributed by atoms with van der Waals surface area (Å²) >= 11 is 7.75. The number of halogens is 1. The molecular weight excluding hydrogens is 278 g/mol. The number of anilines is 1. The van der Waals surface area contributed by atoms with Crippen molar-refractivity contribution in [2.24, 2.45) is 0 Å². The maximum atomic E-state index is 8.84. The van der Waals surface area contributed by atoms with Crippen molar-refractivity contribution >= 4 is 28.1 Å². The van der Waals surface area contributed by atoms with Crippen LogP contribution in [-0.2, 0) is 6.42 Å². The van der Waals surface area contributed by atoms with Crippen molar-refractivity contribution in [2.45, 2.75) is 25.2 Å². The van der Waals surface area contributed by atoms with Crippen molar-refractivity contribution < 1.29 is 0 Å². The Kier molecular flexibility index (Phi) is 3.17. The molecule has 1 heterocycles. The van der Waals surface area contributed by atoms with Gasteiger partial charge < -0.3 is 5.73 Å². The molecule has 1 aromatic carbocycles. The molecule has 1 saturated carbocycles. The van der Waals surface area contributed by atoms with Crippen LogP contribution in [0.5, 0.6) is 0 Å². The topological polar surface area (TPSA) is 62.7 Å². The fraction of sp³-hybridized carbons (Fsp3) is 0.286. The van der Waals surface area contributed by atoms with E-state index in [0.29, 0.717) is 21.6 Å². The van der Waals surface area contributed by atoms with E-state index in [2.05, 4.69) is 11.1 Å². The third kappa shape index (κ3) is 2.58. The number of rotatable bonds is 3. The second-order valence-corrected chi connectivity index (χ2v) is 6.25. The molecule has 0 amide bonds. The van der Waals surface area contributed by atoms with Crippen LogP contribution in [0.4, 0.5) is 5.13 Å². The van der Waals surface area contributed by atoms with E-state index in [1.807, 2.05) is 6.07 Å². The number of hydrogen-bond acceptors (Lipinski definition) is 4. The largest absolute Gasteiger partial charge is 0.375 e. The van der Waals surface area contributed by atoms with Crippen LogP contribution in [0.3, 0.4) is 0 Å². The highest BCUT2D eigenvalue weighted by Gasteiger charge is 2.29. The van der Waals surface area contributed by atoms with Gasteiger partial charge in [-0.05, 0) is 30.5 Å². The lowest BCUT2D eigenvalue weighted by molar-refractivity contribution is 1.01. The summed E-state index contributed by atoms with van der Waals surface area (Å²) in [5, 5.41) is 10.1. The fourth-order valence-corrected chi connectivity index (χ4v) is 3.31. The minimum absolute atomic E-state index is 0.583. The summed E-state index contributed by atoms with van der Waals surface area (Å²) in [6.45, 7) is 0. The lowest BCUT2D eigenvalue weighted by Crippen LogP contribution is -1.92. The maximum Gasteiger partial charge on any atom is 0.180 e. The highest BCUT2D eigenvalue weighted by Crippen LogP contribution is 2.44. The Bertz CT molecular complexity index is 668. The van der Waals surface area contributed by atoms with E-state index in [1.54, 1.807) is 12.1 Å². The summed E-state index contributed by atoms with van der Waals surface area (Å²) in [5.74, 6) is 0.584. The Morgan fingerprint density at radius 3 is 2.89 bits per heavy atom. The molecule has 1 aromatic heterocycles. The van der Waals surface area contributed by atoms with Crippen LogP contribution >= 0.6 is 22.9 Å². The summed E-state index contributed by atoms with van der Waals surface area (Å²) in [4.78, 5) is 5.63. The predicted molar refractivity (Wildman–Crippen MR) is 77.5 cm³/mol. The predicted octanol–water partition coefficient (Wildman–Crippen LogP) is 3.72. The molecule has 1 aliphatic carbocycles. The van der Waals surface area contributed by atoms with Gasteiger partial charge in [0.25, 0.3) is 0 Å². The highest BCUT2D eigenvalue weighted by molar-refractivity contribution is 7.15. The van der Waals surface area contributed by atoms with E-state index < -0.39 is 0 Å². The van der Waals surface area contributed by atoms with Crippen LogP contribution in [0.15, 0.2) is 18.2 Å². The normalized spacial score (nSPS) is 14.3. The van der Waals surface area contributed by atoms with Gasteiger partial charge in [0.15, 0.2) is 5.13 Å². The molecule has 0 atom stereocenters. The molecule has 1 fully saturated rings. The van der Waals surface area contributed by atoms with Crippen molar-refractivity contribution in [1.29, 1.82) is 5.26 Å². The molecule has 0 spiro atoms. The van der Waals surface area contributed by atoms with Gasteiger partial charge in [-0.3, -0.25) is 0 Å². The molecule has 0 aliphatic heterocycles. The number of nitrogen functional groups attached to an aromatic ring is 1. The molecule has 2 N–H and O–H groups in total. The van der Waals surface area contributed by atoms with Gasteiger partial charge in [0, 0.05) is 22.2 Å². The average Bonchev–Trinajstić information content (AvgIpc) is 3.16. The number of nitrogens with two attached hydrogens (primary N) is 1. The smallest absolute Gasteiger partial charge is 0.180 e. The Labute approximate surface area is 120 Å². The van der Waals surface area contributed by atoms with Gasteiger partial charge in [0.1, 0.15) is 0 Å². The maximum absolute atomic E-state index is 8.84. The Balaban J connectivity index is 1.91. The molecule has 5 heteroatoms. The van der Waals surface area contributed by atoms with E-state index in [4.69, 9.17) is 22.6 Å². The van der Waals surface area contributed by atoms with Gasteiger partial charge in [-0.2, -0.15) is 5.26 Å². The summed E-state index contributed by atoms with van der Waals surface area (Å²) < 4.78 is 0. The molecule has 2 aromatic rings. The van der Waals surface area contributed by atoms with Crippen molar-refractivity contribution in [2.75, 3.05) is 5.73 Å². The van der Waals surface area contributed by atoms with Crippen LogP contribution in [0, 0.1) is 11.3 Å². The molecule has 0 radical (unpaired) electrons. The number of nitriles is 1.